The number of carbonyl (C=O) groups is 2. The van der Waals surface area contributed by atoms with Crippen LogP contribution in [0.4, 0.5) is 13.2 Å². The lowest BCUT2D eigenvalue weighted by atomic mass is 9.93. The van der Waals surface area contributed by atoms with Crippen LogP contribution in [0, 0.1) is 0 Å². The molecule has 0 saturated heterocycles. The maximum Gasteiger partial charge on any atom is 0.478 e. The van der Waals surface area contributed by atoms with Crippen LogP contribution in [0.2, 0.25) is 0 Å². The van der Waals surface area contributed by atoms with Crippen LogP contribution in [0.25, 0.3) is 0 Å². The van der Waals surface area contributed by atoms with Crippen molar-refractivity contribution in [3.8, 4) is 0 Å². The zero-order valence-corrected chi connectivity index (χ0v) is 12.3. The minimum Gasteiger partial charge on any atom is -0.460 e. The summed E-state index contributed by atoms with van der Waals surface area (Å²) in [6.07, 6.45) is -1.17. The summed E-state index contributed by atoms with van der Waals surface area (Å²) >= 11 is 0. The molecular weight excluding hydrogens is 289 g/mol. The van der Waals surface area contributed by atoms with E-state index in [1.807, 2.05) is 0 Å². The lowest BCUT2D eigenvalue weighted by Crippen LogP contribution is -3.10. The second kappa shape index (κ2) is 7.11. The first-order valence-electron chi connectivity index (χ1n) is 7.11. The summed E-state index contributed by atoms with van der Waals surface area (Å²) in [5.74, 6) is -2.40. The van der Waals surface area contributed by atoms with Gasteiger partial charge >= 0.3 is 17.8 Å². The van der Waals surface area contributed by atoms with Crippen molar-refractivity contribution in [3.63, 3.8) is 0 Å². The van der Waals surface area contributed by atoms with Crippen LogP contribution in [0.3, 0.4) is 0 Å². The summed E-state index contributed by atoms with van der Waals surface area (Å²) in [5, 5.41) is 2.69. The third-order valence-corrected chi connectivity index (χ3v) is 3.55. The lowest BCUT2D eigenvalue weighted by molar-refractivity contribution is -0.773. The van der Waals surface area contributed by atoms with Crippen molar-refractivity contribution >= 4 is 11.9 Å². The minimum atomic E-state index is -4.94. The summed E-state index contributed by atoms with van der Waals surface area (Å²) in [5.41, 5.74) is -3.06. The number of quaternary nitrogens is 1. The molecule has 1 rings (SSSR count). The molecule has 0 aromatic heterocycles. The molecule has 1 saturated carbocycles. The molecule has 21 heavy (non-hydrogen) atoms. The van der Waals surface area contributed by atoms with Crippen LogP contribution < -0.4 is 10.6 Å². The van der Waals surface area contributed by atoms with Gasteiger partial charge in [0.25, 0.3) is 0 Å². The quantitative estimate of drug-likeness (QED) is 0.584. The lowest BCUT2D eigenvalue weighted by Gasteiger charge is -2.35. The highest BCUT2D eigenvalue weighted by atomic mass is 19.4. The van der Waals surface area contributed by atoms with Crippen LogP contribution >= 0.6 is 0 Å². The third-order valence-electron chi connectivity index (χ3n) is 3.55. The maximum atomic E-state index is 13.5. The molecule has 0 spiro atoms. The Bertz CT molecular complexity index is 381. The van der Waals surface area contributed by atoms with Gasteiger partial charge in [0.2, 0.25) is 5.91 Å². The number of halogens is 3. The molecule has 0 aromatic rings. The zero-order valence-electron chi connectivity index (χ0n) is 12.3. The molecule has 0 aliphatic heterocycles. The second-order valence-electron chi connectivity index (χ2n) is 5.27. The van der Waals surface area contributed by atoms with Crippen molar-refractivity contribution in [1.82, 2.24) is 5.32 Å². The monoisotopic (exact) mass is 311 g/mol. The van der Waals surface area contributed by atoms with E-state index >= 15 is 0 Å². The van der Waals surface area contributed by atoms with E-state index in [1.165, 1.54) is 6.92 Å². The molecule has 3 N–H and O–H groups in total. The highest BCUT2D eigenvalue weighted by molar-refractivity contribution is 5.86. The molecular formula is C13H22F3N2O3+. The molecule has 0 radical (unpaired) electrons. The standard InChI is InChI=1S/C13H21F3N2O3/c1-3-21-11(20)12(13(14,15)16,17-9(2)19)18-10-7-5-4-6-8-10/h10,18H,3-8H2,1-2H3,(H,17,19)/p+1/t12-/m1/s1. The van der Waals surface area contributed by atoms with Crippen molar-refractivity contribution in [2.24, 2.45) is 0 Å². The number of amides is 1. The highest BCUT2D eigenvalue weighted by Crippen LogP contribution is 2.28. The number of hydrogen-bond donors (Lipinski definition) is 2. The number of ether oxygens (including phenoxy) is 1. The van der Waals surface area contributed by atoms with Gasteiger partial charge in [-0.25, -0.2) is 4.79 Å². The van der Waals surface area contributed by atoms with Gasteiger partial charge < -0.3 is 10.1 Å². The van der Waals surface area contributed by atoms with E-state index < -0.39 is 23.7 Å². The van der Waals surface area contributed by atoms with Gasteiger partial charge in [0.15, 0.2) is 0 Å². The van der Waals surface area contributed by atoms with Gasteiger partial charge in [-0.2, -0.15) is 13.2 Å². The van der Waals surface area contributed by atoms with Gasteiger partial charge in [0.05, 0.1) is 12.6 Å². The number of rotatable bonds is 5. The van der Waals surface area contributed by atoms with Gasteiger partial charge in [-0.15, -0.1) is 0 Å². The highest BCUT2D eigenvalue weighted by Gasteiger charge is 2.68. The van der Waals surface area contributed by atoms with Crippen LogP contribution in [0.5, 0.6) is 0 Å². The van der Waals surface area contributed by atoms with Gasteiger partial charge in [0.1, 0.15) is 0 Å². The average molecular weight is 311 g/mol. The largest absolute Gasteiger partial charge is 0.478 e. The maximum absolute atomic E-state index is 13.5. The van der Waals surface area contributed by atoms with Gasteiger partial charge in [-0.05, 0) is 32.6 Å². The third kappa shape index (κ3) is 4.33. The molecule has 1 aliphatic rings. The number of esters is 1. The van der Waals surface area contributed by atoms with E-state index in [9.17, 15) is 22.8 Å². The smallest absolute Gasteiger partial charge is 0.460 e. The van der Waals surface area contributed by atoms with Crippen molar-refractivity contribution < 1.29 is 32.8 Å². The predicted molar refractivity (Wildman–Crippen MR) is 68.0 cm³/mol. The Labute approximate surface area is 121 Å². The van der Waals surface area contributed by atoms with Crippen molar-refractivity contribution in [1.29, 1.82) is 0 Å². The fraction of sp³-hybridized carbons (Fsp3) is 0.846. The van der Waals surface area contributed by atoms with Crippen molar-refractivity contribution in [3.05, 3.63) is 0 Å². The van der Waals surface area contributed by atoms with Crippen molar-refractivity contribution in [2.75, 3.05) is 6.61 Å². The summed E-state index contributed by atoms with van der Waals surface area (Å²) in [6, 6.07) is -0.364. The van der Waals surface area contributed by atoms with E-state index in [2.05, 4.69) is 4.74 Å². The first kappa shape index (κ1) is 17.7. The topological polar surface area (TPSA) is 72.0 Å². The SMILES string of the molecule is CCOC(=O)[C@@](NC(C)=O)([NH2+]C1CCCCC1)C(F)(F)F. The number of hydrogen-bond acceptors (Lipinski definition) is 3. The van der Waals surface area contributed by atoms with Gasteiger partial charge in [-0.3, -0.25) is 10.1 Å². The molecule has 0 bridgehead atoms. The number of carbonyl (C=O) groups excluding carboxylic acids is 2. The summed E-state index contributed by atoms with van der Waals surface area (Å²) in [7, 11) is 0. The second-order valence-corrected chi connectivity index (χ2v) is 5.27. The molecule has 1 amide bonds. The van der Waals surface area contributed by atoms with Crippen LogP contribution in [-0.4, -0.2) is 36.4 Å². The molecule has 0 unspecified atom stereocenters. The van der Waals surface area contributed by atoms with Crippen LogP contribution in [-0.2, 0) is 14.3 Å². The minimum absolute atomic E-state index is 0.186. The summed E-state index contributed by atoms with van der Waals surface area (Å²) in [6.45, 7) is 2.19. The molecule has 1 fully saturated rings. The Morgan fingerprint density at radius 2 is 1.81 bits per heavy atom. The Morgan fingerprint density at radius 1 is 1.24 bits per heavy atom. The molecule has 1 aliphatic carbocycles. The summed E-state index contributed by atoms with van der Waals surface area (Å²) in [4.78, 5) is 23.2. The Hall–Kier alpha value is -1.31. The Balaban J connectivity index is 3.08. The van der Waals surface area contributed by atoms with Gasteiger partial charge in [0, 0.05) is 6.92 Å². The van der Waals surface area contributed by atoms with E-state index in [4.69, 9.17) is 0 Å². The molecule has 0 aromatic carbocycles. The molecule has 0 heterocycles. The van der Waals surface area contributed by atoms with Gasteiger partial charge in [-0.1, -0.05) is 6.42 Å². The summed E-state index contributed by atoms with van der Waals surface area (Å²) < 4.78 is 45.1. The average Bonchev–Trinajstić information content (AvgIpc) is 2.37. The van der Waals surface area contributed by atoms with E-state index in [0.29, 0.717) is 12.8 Å². The molecule has 1 atom stereocenters. The fourth-order valence-electron chi connectivity index (χ4n) is 2.62. The molecule has 8 heteroatoms. The van der Waals surface area contributed by atoms with E-state index in [0.717, 1.165) is 31.5 Å². The number of nitrogens with two attached hydrogens (primary N) is 1. The Kier molecular flexibility index (Phi) is 6.00. The first-order chi connectivity index (χ1) is 9.73. The van der Waals surface area contributed by atoms with E-state index in [1.54, 1.807) is 5.32 Å². The Morgan fingerprint density at radius 3 is 2.24 bits per heavy atom. The predicted octanol–water partition coefficient (Wildman–Crippen LogP) is 0.840. The number of alkyl halides is 3. The number of nitrogens with one attached hydrogen (secondary N) is 1. The molecule has 122 valence electrons. The van der Waals surface area contributed by atoms with Crippen molar-refractivity contribution in [2.45, 2.75) is 63.8 Å². The fourth-order valence-corrected chi connectivity index (χ4v) is 2.62. The van der Waals surface area contributed by atoms with E-state index in [-0.39, 0.29) is 12.6 Å². The first-order valence-corrected chi connectivity index (χ1v) is 7.11. The van der Waals surface area contributed by atoms with Crippen LogP contribution in [0.15, 0.2) is 0 Å². The van der Waals surface area contributed by atoms with Crippen LogP contribution in [0.1, 0.15) is 46.0 Å². The molecule has 5 nitrogen and oxygen atoms in total. The zero-order chi connectivity index (χ0) is 16.1. The normalized spacial score (nSPS) is 19.7.